The maximum absolute atomic E-state index is 11.9. The van der Waals surface area contributed by atoms with Gasteiger partial charge in [0, 0.05) is 11.7 Å². The van der Waals surface area contributed by atoms with Crippen LogP contribution in [0, 0.1) is 0 Å². The van der Waals surface area contributed by atoms with Crippen LogP contribution in [0.4, 0.5) is 5.69 Å². The summed E-state index contributed by atoms with van der Waals surface area (Å²) in [6, 6.07) is 6.61. The summed E-state index contributed by atoms with van der Waals surface area (Å²) in [5.41, 5.74) is 3.50. The topological polar surface area (TPSA) is 32.3 Å². The number of carbonyl (C=O) groups is 1. The lowest BCUT2D eigenvalue weighted by Gasteiger charge is -2.30. The summed E-state index contributed by atoms with van der Waals surface area (Å²) in [5.74, 6) is 0.0888. The van der Waals surface area contributed by atoms with Crippen LogP contribution in [0.2, 0.25) is 0 Å². The van der Waals surface area contributed by atoms with Crippen LogP contribution in [-0.4, -0.2) is 23.9 Å². The second-order valence-corrected chi connectivity index (χ2v) is 5.73. The molecule has 110 valence electrons. The molecule has 0 fully saturated rings. The van der Waals surface area contributed by atoms with Gasteiger partial charge in [0.1, 0.15) is 0 Å². The number of carbonyl (C=O) groups excluding carboxylic acids is 1. The molecule has 0 spiro atoms. The van der Waals surface area contributed by atoms with E-state index >= 15 is 0 Å². The molecule has 1 amide bonds. The Kier molecular flexibility index (Phi) is 4.81. The third-order valence-electron chi connectivity index (χ3n) is 4.24. The second-order valence-electron chi connectivity index (χ2n) is 5.73. The van der Waals surface area contributed by atoms with E-state index < -0.39 is 0 Å². The lowest BCUT2D eigenvalue weighted by Crippen LogP contribution is -2.29. The van der Waals surface area contributed by atoms with Crippen molar-refractivity contribution in [1.29, 1.82) is 0 Å². The SMILES string of the molecule is CCCN(CCC)C(C)c1cccc2c1C(C)C(=O)N2. The Morgan fingerprint density at radius 2 is 1.90 bits per heavy atom. The third kappa shape index (κ3) is 2.73. The maximum atomic E-state index is 11.9. The van der Waals surface area contributed by atoms with E-state index in [0.717, 1.165) is 31.6 Å². The smallest absolute Gasteiger partial charge is 0.231 e. The second kappa shape index (κ2) is 6.40. The highest BCUT2D eigenvalue weighted by atomic mass is 16.2. The third-order valence-corrected chi connectivity index (χ3v) is 4.24. The van der Waals surface area contributed by atoms with Crippen molar-refractivity contribution in [3.63, 3.8) is 0 Å². The van der Waals surface area contributed by atoms with Crippen LogP contribution in [-0.2, 0) is 4.79 Å². The van der Waals surface area contributed by atoms with Crippen molar-refractivity contribution in [3.8, 4) is 0 Å². The number of hydrogen-bond acceptors (Lipinski definition) is 2. The average Bonchev–Trinajstić information content (AvgIpc) is 2.73. The van der Waals surface area contributed by atoms with Gasteiger partial charge in [-0.1, -0.05) is 26.0 Å². The lowest BCUT2D eigenvalue weighted by molar-refractivity contribution is -0.116. The van der Waals surface area contributed by atoms with Gasteiger partial charge in [0.05, 0.1) is 5.92 Å². The quantitative estimate of drug-likeness (QED) is 0.852. The number of nitrogens with one attached hydrogen (secondary N) is 1. The lowest BCUT2D eigenvalue weighted by atomic mass is 9.92. The van der Waals surface area contributed by atoms with Crippen LogP contribution in [0.25, 0.3) is 0 Å². The molecule has 1 aromatic rings. The molecule has 0 saturated heterocycles. The molecule has 0 bridgehead atoms. The van der Waals surface area contributed by atoms with Crippen LogP contribution < -0.4 is 5.32 Å². The Balaban J connectivity index is 2.33. The van der Waals surface area contributed by atoms with Gasteiger partial charge in [0.15, 0.2) is 0 Å². The van der Waals surface area contributed by atoms with Crippen molar-refractivity contribution in [2.24, 2.45) is 0 Å². The minimum absolute atomic E-state index is 0.0336. The summed E-state index contributed by atoms with van der Waals surface area (Å²) in [7, 11) is 0. The summed E-state index contributed by atoms with van der Waals surface area (Å²) >= 11 is 0. The molecule has 0 aliphatic carbocycles. The zero-order chi connectivity index (χ0) is 14.7. The van der Waals surface area contributed by atoms with Crippen molar-refractivity contribution in [2.45, 2.75) is 52.5 Å². The fourth-order valence-electron chi connectivity index (χ4n) is 3.18. The van der Waals surface area contributed by atoms with E-state index in [1.165, 1.54) is 11.1 Å². The summed E-state index contributed by atoms with van der Waals surface area (Å²) in [4.78, 5) is 14.4. The number of nitrogens with zero attached hydrogens (tertiary/aromatic N) is 1. The molecule has 1 aliphatic heterocycles. The molecule has 0 aromatic heterocycles. The molecule has 3 heteroatoms. The summed E-state index contributed by atoms with van der Waals surface area (Å²) in [6.07, 6.45) is 2.32. The van der Waals surface area contributed by atoms with E-state index in [9.17, 15) is 4.79 Å². The largest absolute Gasteiger partial charge is 0.325 e. The molecule has 1 heterocycles. The van der Waals surface area contributed by atoms with E-state index in [1.807, 2.05) is 13.0 Å². The van der Waals surface area contributed by atoms with E-state index in [-0.39, 0.29) is 11.8 Å². The average molecular weight is 274 g/mol. The van der Waals surface area contributed by atoms with Crippen molar-refractivity contribution in [3.05, 3.63) is 29.3 Å². The van der Waals surface area contributed by atoms with E-state index in [1.54, 1.807) is 0 Å². The highest BCUT2D eigenvalue weighted by Gasteiger charge is 2.31. The zero-order valence-electron chi connectivity index (χ0n) is 13.1. The van der Waals surface area contributed by atoms with E-state index in [4.69, 9.17) is 0 Å². The first-order valence-electron chi connectivity index (χ1n) is 7.77. The van der Waals surface area contributed by atoms with Gasteiger partial charge in [-0.2, -0.15) is 0 Å². The minimum atomic E-state index is -0.0336. The Morgan fingerprint density at radius 1 is 1.25 bits per heavy atom. The fourth-order valence-corrected chi connectivity index (χ4v) is 3.18. The van der Waals surface area contributed by atoms with Crippen molar-refractivity contribution >= 4 is 11.6 Å². The van der Waals surface area contributed by atoms with Crippen LogP contribution in [0.3, 0.4) is 0 Å². The van der Waals surface area contributed by atoms with Crippen LogP contribution >= 0.6 is 0 Å². The highest BCUT2D eigenvalue weighted by molar-refractivity contribution is 6.03. The fraction of sp³-hybridized carbons (Fsp3) is 0.588. The van der Waals surface area contributed by atoms with Gasteiger partial charge in [0.2, 0.25) is 5.91 Å². The van der Waals surface area contributed by atoms with Gasteiger partial charge in [-0.15, -0.1) is 0 Å². The summed E-state index contributed by atoms with van der Waals surface area (Å²) in [6.45, 7) is 10.9. The summed E-state index contributed by atoms with van der Waals surface area (Å²) < 4.78 is 0. The first kappa shape index (κ1) is 15.0. The van der Waals surface area contributed by atoms with E-state index in [2.05, 4.69) is 43.1 Å². The van der Waals surface area contributed by atoms with Crippen molar-refractivity contribution in [1.82, 2.24) is 4.90 Å². The molecule has 1 N–H and O–H groups in total. The van der Waals surface area contributed by atoms with Gasteiger partial charge in [-0.05, 0) is 57.0 Å². The Hall–Kier alpha value is -1.35. The predicted molar refractivity (Wildman–Crippen MR) is 84.1 cm³/mol. The molecule has 0 radical (unpaired) electrons. The molecule has 3 nitrogen and oxygen atoms in total. The minimum Gasteiger partial charge on any atom is -0.325 e. The van der Waals surface area contributed by atoms with Gasteiger partial charge in [-0.25, -0.2) is 0 Å². The highest BCUT2D eigenvalue weighted by Crippen LogP contribution is 2.38. The van der Waals surface area contributed by atoms with Gasteiger partial charge < -0.3 is 5.32 Å². The van der Waals surface area contributed by atoms with Crippen LogP contribution in [0.5, 0.6) is 0 Å². The predicted octanol–water partition coefficient (Wildman–Crippen LogP) is 3.93. The molecule has 2 unspecified atom stereocenters. The number of fused-ring (bicyclic) bond motifs is 1. The maximum Gasteiger partial charge on any atom is 0.231 e. The number of rotatable bonds is 6. The number of benzene rings is 1. The van der Waals surface area contributed by atoms with Gasteiger partial charge >= 0.3 is 0 Å². The van der Waals surface area contributed by atoms with Crippen LogP contribution in [0.1, 0.15) is 63.6 Å². The molecule has 2 rings (SSSR count). The standard InChI is InChI=1S/C17H26N2O/c1-5-10-19(11-6-2)13(4)14-8-7-9-15-16(14)12(3)17(20)18-15/h7-9,12-13H,5-6,10-11H2,1-4H3,(H,18,20). The van der Waals surface area contributed by atoms with Gasteiger partial charge in [-0.3, -0.25) is 9.69 Å². The van der Waals surface area contributed by atoms with Crippen LogP contribution in [0.15, 0.2) is 18.2 Å². The molecular formula is C17H26N2O. The number of anilines is 1. The first-order valence-corrected chi connectivity index (χ1v) is 7.77. The molecule has 1 aromatic carbocycles. The Bertz CT molecular complexity index is 478. The number of amides is 1. The zero-order valence-corrected chi connectivity index (χ0v) is 13.1. The van der Waals surface area contributed by atoms with Crippen molar-refractivity contribution in [2.75, 3.05) is 18.4 Å². The Morgan fingerprint density at radius 3 is 2.50 bits per heavy atom. The first-order chi connectivity index (χ1) is 9.60. The van der Waals surface area contributed by atoms with Crippen molar-refractivity contribution < 1.29 is 4.79 Å². The molecule has 0 saturated carbocycles. The monoisotopic (exact) mass is 274 g/mol. The molecule has 1 aliphatic rings. The molecular weight excluding hydrogens is 248 g/mol. The van der Waals surface area contributed by atoms with E-state index in [0.29, 0.717) is 6.04 Å². The molecule has 20 heavy (non-hydrogen) atoms. The Labute approximate surface area is 122 Å². The van der Waals surface area contributed by atoms with Gasteiger partial charge in [0.25, 0.3) is 0 Å². The normalized spacial score (nSPS) is 19.1. The number of hydrogen-bond donors (Lipinski definition) is 1. The summed E-state index contributed by atoms with van der Waals surface area (Å²) in [5, 5.41) is 2.99. The molecule has 2 atom stereocenters.